The third-order valence-electron chi connectivity index (χ3n) is 3.56. The van der Waals surface area contributed by atoms with Crippen molar-refractivity contribution in [2.45, 2.75) is 18.9 Å². The standard InChI is InChI=1S/C14H16N2OS/c15-14(17)13-9-10-3-1-2-4-12(10)16(13)11-5-7-18-8-6-11/h1-4,9,11H,5-8H2,(H2,15,17). The highest BCUT2D eigenvalue weighted by Crippen LogP contribution is 2.32. The molecule has 1 aromatic heterocycles. The van der Waals surface area contributed by atoms with Gasteiger partial charge in [-0.25, -0.2) is 0 Å². The van der Waals surface area contributed by atoms with E-state index in [0.717, 1.165) is 35.3 Å². The van der Waals surface area contributed by atoms with E-state index >= 15 is 0 Å². The minimum atomic E-state index is -0.329. The molecule has 94 valence electrons. The van der Waals surface area contributed by atoms with Crippen molar-refractivity contribution in [1.82, 2.24) is 4.57 Å². The molecule has 3 rings (SSSR count). The highest BCUT2D eigenvalue weighted by atomic mass is 32.2. The van der Waals surface area contributed by atoms with Crippen molar-refractivity contribution in [3.8, 4) is 0 Å². The highest BCUT2D eigenvalue weighted by Gasteiger charge is 2.22. The molecular weight excluding hydrogens is 244 g/mol. The van der Waals surface area contributed by atoms with Gasteiger partial charge >= 0.3 is 0 Å². The molecular formula is C14H16N2OS. The number of fused-ring (bicyclic) bond motifs is 1. The molecule has 4 heteroatoms. The van der Waals surface area contributed by atoms with Crippen LogP contribution >= 0.6 is 11.8 Å². The second kappa shape index (κ2) is 4.69. The smallest absolute Gasteiger partial charge is 0.265 e. The summed E-state index contributed by atoms with van der Waals surface area (Å²) in [5.41, 5.74) is 7.29. The number of primary amides is 1. The Kier molecular flexibility index (Phi) is 3.04. The first kappa shape index (κ1) is 11.7. The molecule has 2 aromatic rings. The van der Waals surface area contributed by atoms with E-state index in [1.165, 1.54) is 0 Å². The van der Waals surface area contributed by atoms with Crippen LogP contribution in [-0.2, 0) is 0 Å². The topological polar surface area (TPSA) is 48.0 Å². The molecule has 1 amide bonds. The molecule has 1 aliphatic rings. The molecule has 0 radical (unpaired) electrons. The van der Waals surface area contributed by atoms with E-state index in [1.807, 2.05) is 36.0 Å². The van der Waals surface area contributed by atoms with Crippen LogP contribution in [0.25, 0.3) is 10.9 Å². The molecule has 0 aliphatic carbocycles. The summed E-state index contributed by atoms with van der Waals surface area (Å²) in [6, 6.07) is 10.4. The molecule has 0 bridgehead atoms. The zero-order chi connectivity index (χ0) is 12.5. The first-order valence-corrected chi connectivity index (χ1v) is 7.40. The van der Waals surface area contributed by atoms with E-state index in [1.54, 1.807) is 0 Å². The number of aromatic nitrogens is 1. The Labute approximate surface area is 110 Å². The lowest BCUT2D eigenvalue weighted by Gasteiger charge is -2.25. The lowest BCUT2D eigenvalue weighted by molar-refractivity contribution is 0.0989. The number of hydrogen-bond donors (Lipinski definition) is 1. The normalized spacial score (nSPS) is 17.1. The first-order valence-electron chi connectivity index (χ1n) is 6.25. The van der Waals surface area contributed by atoms with Crippen molar-refractivity contribution in [1.29, 1.82) is 0 Å². The Morgan fingerprint density at radius 2 is 2.00 bits per heavy atom. The van der Waals surface area contributed by atoms with Crippen molar-refractivity contribution < 1.29 is 4.79 Å². The van der Waals surface area contributed by atoms with Crippen LogP contribution in [-0.4, -0.2) is 22.0 Å². The van der Waals surface area contributed by atoms with Crippen LogP contribution < -0.4 is 5.73 Å². The lowest BCUT2D eigenvalue weighted by Crippen LogP contribution is -2.22. The Bertz CT molecular complexity index is 584. The van der Waals surface area contributed by atoms with Crippen molar-refractivity contribution in [3.05, 3.63) is 36.0 Å². The lowest BCUT2D eigenvalue weighted by atomic mass is 10.1. The van der Waals surface area contributed by atoms with E-state index in [4.69, 9.17) is 5.73 Å². The number of carbonyl (C=O) groups excluding carboxylic acids is 1. The Hall–Kier alpha value is -1.42. The van der Waals surface area contributed by atoms with Gasteiger partial charge in [0.15, 0.2) is 0 Å². The third-order valence-corrected chi connectivity index (χ3v) is 4.61. The maximum absolute atomic E-state index is 11.6. The van der Waals surface area contributed by atoms with Gasteiger partial charge in [0.2, 0.25) is 0 Å². The molecule has 0 spiro atoms. The van der Waals surface area contributed by atoms with Gasteiger partial charge in [-0.15, -0.1) is 0 Å². The van der Waals surface area contributed by atoms with Crippen LogP contribution in [0.3, 0.4) is 0 Å². The van der Waals surface area contributed by atoms with Crippen molar-refractivity contribution in [3.63, 3.8) is 0 Å². The van der Waals surface area contributed by atoms with Gasteiger partial charge in [-0.1, -0.05) is 18.2 Å². The van der Waals surface area contributed by atoms with Gasteiger partial charge in [0.25, 0.3) is 5.91 Å². The quantitative estimate of drug-likeness (QED) is 0.902. The van der Waals surface area contributed by atoms with Crippen molar-refractivity contribution in [2.24, 2.45) is 5.73 Å². The Morgan fingerprint density at radius 1 is 1.28 bits per heavy atom. The second-order valence-electron chi connectivity index (χ2n) is 4.67. The number of carbonyl (C=O) groups is 1. The summed E-state index contributed by atoms with van der Waals surface area (Å²) in [5.74, 6) is 1.99. The molecule has 0 saturated carbocycles. The summed E-state index contributed by atoms with van der Waals surface area (Å²) in [5, 5.41) is 1.10. The number of nitrogens with zero attached hydrogens (tertiary/aromatic N) is 1. The highest BCUT2D eigenvalue weighted by molar-refractivity contribution is 7.99. The van der Waals surface area contributed by atoms with E-state index < -0.39 is 0 Å². The van der Waals surface area contributed by atoms with Crippen molar-refractivity contribution in [2.75, 3.05) is 11.5 Å². The minimum absolute atomic E-state index is 0.329. The fourth-order valence-electron chi connectivity index (χ4n) is 2.70. The van der Waals surface area contributed by atoms with Crippen LogP contribution in [0, 0.1) is 0 Å². The molecule has 1 fully saturated rings. The number of rotatable bonds is 2. The van der Waals surface area contributed by atoms with Crippen molar-refractivity contribution >= 4 is 28.6 Å². The van der Waals surface area contributed by atoms with Gasteiger partial charge in [-0.05, 0) is 36.5 Å². The molecule has 1 aliphatic heterocycles. The Balaban J connectivity index is 2.17. The van der Waals surface area contributed by atoms with Gasteiger partial charge in [-0.3, -0.25) is 4.79 Å². The molecule has 18 heavy (non-hydrogen) atoms. The minimum Gasteiger partial charge on any atom is -0.364 e. The third kappa shape index (κ3) is 1.90. The summed E-state index contributed by atoms with van der Waals surface area (Å²) in [6.45, 7) is 0. The van der Waals surface area contributed by atoms with E-state index in [0.29, 0.717) is 11.7 Å². The van der Waals surface area contributed by atoms with Gasteiger partial charge in [-0.2, -0.15) is 11.8 Å². The number of hydrogen-bond acceptors (Lipinski definition) is 2. The summed E-state index contributed by atoms with van der Waals surface area (Å²) < 4.78 is 2.15. The van der Waals surface area contributed by atoms with Crippen LogP contribution in [0.1, 0.15) is 29.4 Å². The Morgan fingerprint density at radius 3 is 2.72 bits per heavy atom. The van der Waals surface area contributed by atoms with Crippen LogP contribution in [0.15, 0.2) is 30.3 Å². The summed E-state index contributed by atoms with van der Waals surface area (Å²) in [6.07, 6.45) is 2.23. The average Bonchev–Trinajstić information content (AvgIpc) is 2.79. The van der Waals surface area contributed by atoms with E-state index in [9.17, 15) is 4.79 Å². The van der Waals surface area contributed by atoms with Gasteiger partial charge in [0.05, 0.1) is 0 Å². The average molecular weight is 260 g/mol. The monoisotopic (exact) mass is 260 g/mol. The van der Waals surface area contributed by atoms with Gasteiger partial charge in [0, 0.05) is 16.9 Å². The van der Waals surface area contributed by atoms with E-state index in [-0.39, 0.29) is 5.91 Å². The van der Waals surface area contributed by atoms with Crippen LogP contribution in [0.5, 0.6) is 0 Å². The van der Waals surface area contributed by atoms with Crippen LogP contribution in [0.2, 0.25) is 0 Å². The molecule has 2 heterocycles. The van der Waals surface area contributed by atoms with Gasteiger partial charge in [0.1, 0.15) is 5.69 Å². The SMILES string of the molecule is NC(=O)c1cc2ccccc2n1C1CCSCC1. The summed E-state index contributed by atoms with van der Waals surface area (Å²) in [7, 11) is 0. The number of para-hydroxylation sites is 1. The predicted octanol–water partition coefficient (Wildman–Crippen LogP) is 2.81. The zero-order valence-corrected chi connectivity index (χ0v) is 11.0. The fraction of sp³-hybridized carbons (Fsp3) is 0.357. The predicted molar refractivity (Wildman–Crippen MR) is 76.1 cm³/mol. The second-order valence-corrected chi connectivity index (χ2v) is 5.89. The van der Waals surface area contributed by atoms with Crippen LogP contribution in [0.4, 0.5) is 0 Å². The molecule has 1 aromatic carbocycles. The zero-order valence-electron chi connectivity index (χ0n) is 10.1. The first-order chi connectivity index (χ1) is 8.77. The maximum atomic E-state index is 11.6. The molecule has 1 saturated heterocycles. The molecule has 2 N–H and O–H groups in total. The summed E-state index contributed by atoms with van der Waals surface area (Å²) >= 11 is 1.99. The molecule has 0 atom stereocenters. The van der Waals surface area contributed by atoms with E-state index in [2.05, 4.69) is 10.6 Å². The summed E-state index contributed by atoms with van der Waals surface area (Å²) in [4.78, 5) is 11.6. The molecule has 0 unspecified atom stereocenters. The number of benzene rings is 1. The molecule has 3 nitrogen and oxygen atoms in total. The largest absolute Gasteiger partial charge is 0.364 e. The number of nitrogens with two attached hydrogens (primary N) is 1. The number of amides is 1. The van der Waals surface area contributed by atoms with Gasteiger partial charge < -0.3 is 10.3 Å². The fourth-order valence-corrected chi connectivity index (χ4v) is 3.78. The number of thioether (sulfide) groups is 1. The maximum Gasteiger partial charge on any atom is 0.265 e.